The smallest absolute Gasteiger partial charge is 0.133 e. The lowest BCUT2D eigenvalue weighted by molar-refractivity contribution is 0.284. The van der Waals surface area contributed by atoms with E-state index in [0.717, 1.165) is 24.1 Å². The Morgan fingerprint density at radius 1 is 1.00 bits per heavy atom. The first-order valence-corrected chi connectivity index (χ1v) is 9.03. The molecular formula is C22H33N2+. The quantitative estimate of drug-likeness (QED) is 0.760. The van der Waals surface area contributed by atoms with E-state index >= 15 is 0 Å². The van der Waals surface area contributed by atoms with Crippen LogP contribution in [0.15, 0.2) is 48.5 Å². The number of aryl methyl sites for hydroxylation is 1. The van der Waals surface area contributed by atoms with E-state index in [1.54, 1.807) is 0 Å². The number of likely N-dealkylation sites (N-methyl/N-ethyl adjacent to an activating group) is 1. The molecule has 0 fully saturated rings. The van der Waals surface area contributed by atoms with Gasteiger partial charge in [-0.2, -0.15) is 0 Å². The zero-order chi connectivity index (χ0) is 17.8. The number of hydrogen-bond acceptors (Lipinski definition) is 1. The second kappa shape index (κ2) is 7.50. The molecule has 1 unspecified atom stereocenters. The van der Waals surface area contributed by atoms with Crippen LogP contribution in [0.5, 0.6) is 0 Å². The van der Waals surface area contributed by atoms with Crippen LogP contribution < -0.4 is 10.2 Å². The van der Waals surface area contributed by atoms with Crippen molar-refractivity contribution in [2.45, 2.75) is 46.6 Å². The van der Waals surface area contributed by atoms with Crippen molar-refractivity contribution in [2.75, 3.05) is 19.6 Å². The predicted octanol–water partition coefficient (Wildman–Crippen LogP) is 4.78. The van der Waals surface area contributed by atoms with Crippen LogP contribution in [0, 0.1) is 6.92 Å². The number of nitrogens with two attached hydrogens (primary N) is 1. The molecule has 0 bridgehead atoms. The number of rotatable bonds is 6. The summed E-state index contributed by atoms with van der Waals surface area (Å²) >= 11 is 0. The second-order valence-corrected chi connectivity index (χ2v) is 7.92. The summed E-state index contributed by atoms with van der Waals surface area (Å²) in [6, 6.07) is 18.0. The van der Waals surface area contributed by atoms with Crippen molar-refractivity contribution < 1.29 is 0 Å². The molecule has 2 rings (SSSR count). The Morgan fingerprint density at radius 3 is 2.17 bits per heavy atom. The number of hydrogen-bond donors (Lipinski definition) is 1. The molecule has 130 valence electrons. The van der Waals surface area contributed by atoms with Gasteiger partial charge in [-0.15, -0.1) is 0 Å². The fraction of sp³-hybridized carbons (Fsp3) is 0.455. The fourth-order valence-corrected chi connectivity index (χ4v) is 3.38. The first-order valence-electron chi connectivity index (χ1n) is 9.03. The third-order valence-electron chi connectivity index (χ3n) is 5.02. The van der Waals surface area contributed by atoms with E-state index in [9.17, 15) is 0 Å². The van der Waals surface area contributed by atoms with Crippen molar-refractivity contribution in [3.63, 3.8) is 0 Å². The summed E-state index contributed by atoms with van der Waals surface area (Å²) in [4.78, 5) is 0. The molecule has 2 N–H and O–H groups in total. The van der Waals surface area contributed by atoms with Crippen LogP contribution in [-0.4, -0.2) is 19.6 Å². The molecular weight excluding hydrogens is 292 g/mol. The van der Waals surface area contributed by atoms with Gasteiger partial charge in [0.2, 0.25) is 0 Å². The molecule has 1 atom stereocenters. The highest BCUT2D eigenvalue weighted by Crippen LogP contribution is 2.28. The number of nitrogens with zero attached hydrogens (tertiary/aromatic N) is 1. The highest BCUT2D eigenvalue weighted by Gasteiger charge is 2.28. The van der Waals surface area contributed by atoms with E-state index in [4.69, 9.17) is 5.73 Å². The van der Waals surface area contributed by atoms with Gasteiger partial charge in [-0.3, -0.25) is 4.48 Å². The van der Waals surface area contributed by atoms with Crippen molar-refractivity contribution in [3.8, 4) is 0 Å². The van der Waals surface area contributed by atoms with Gasteiger partial charge in [-0.25, -0.2) is 0 Å². The first-order chi connectivity index (χ1) is 11.3. The maximum absolute atomic E-state index is 5.98. The third kappa shape index (κ3) is 4.25. The molecule has 2 nitrogen and oxygen atoms in total. The van der Waals surface area contributed by atoms with Crippen LogP contribution >= 0.6 is 0 Å². The topological polar surface area (TPSA) is 26.0 Å². The molecule has 0 spiro atoms. The van der Waals surface area contributed by atoms with E-state index < -0.39 is 0 Å². The van der Waals surface area contributed by atoms with Crippen molar-refractivity contribution in [3.05, 3.63) is 65.2 Å². The highest BCUT2D eigenvalue weighted by atomic mass is 15.4. The zero-order valence-corrected chi connectivity index (χ0v) is 16.0. The predicted molar refractivity (Wildman–Crippen MR) is 106 cm³/mol. The van der Waals surface area contributed by atoms with Crippen molar-refractivity contribution in [2.24, 2.45) is 5.73 Å². The molecule has 2 aromatic rings. The maximum Gasteiger partial charge on any atom is 0.133 e. The SMILES string of the molecule is CC[N+](CCN)(Cc1ccc(C(C)(C)C)cc1)c1cccc(C)c1. The average Bonchev–Trinajstić information content (AvgIpc) is 2.54. The lowest BCUT2D eigenvalue weighted by Gasteiger charge is -2.37. The minimum absolute atomic E-state index is 0.197. The maximum atomic E-state index is 5.98. The molecule has 2 aromatic carbocycles. The molecule has 0 aliphatic heterocycles. The van der Waals surface area contributed by atoms with E-state index in [2.05, 4.69) is 83.1 Å². The molecule has 0 aliphatic carbocycles. The summed E-state index contributed by atoms with van der Waals surface area (Å²) in [5.41, 5.74) is 11.6. The summed E-state index contributed by atoms with van der Waals surface area (Å²) in [7, 11) is 0. The van der Waals surface area contributed by atoms with Crippen molar-refractivity contribution in [1.82, 2.24) is 4.48 Å². The van der Waals surface area contributed by atoms with Gasteiger partial charge in [0.15, 0.2) is 0 Å². The van der Waals surface area contributed by atoms with Crippen LogP contribution in [-0.2, 0) is 12.0 Å². The minimum Gasteiger partial charge on any atom is -0.326 e. The summed E-state index contributed by atoms with van der Waals surface area (Å²) in [5.74, 6) is 0. The standard InChI is InChI=1S/C22H33N2/c1-6-24(15-14-23,21-9-7-8-18(2)16-21)17-19-10-12-20(13-11-19)22(3,4)5/h7-13,16H,6,14-15,17,23H2,1-5H3/q+1. The van der Waals surface area contributed by atoms with Crippen LogP contribution in [0.3, 0.4) is 0 Å². The summed E-state index contributed by atoms with van der Waals surface area (Å²) in [5, 5.41) is 0. The summed E-state index contributed by atoms with van der Waals surface area (Å²) in [6.07, 6.45) is 0. The third-order valence-corrected chi connectivity index (χ3v) is 5.02. The Balaban J connectivity index is 2.35. The second-order valence-electron chi connectivity index (χ2n) is 7.92. The molecule has 0 heterocycles. The largest absolute Gasteiger partial charge is 0.326 e. The molecule has 2 heteroatoms. The van der Waals surface area contributed by atoms with Gasteiger partial charge in [-0.05, 0) is 36.5 Å². The van der Waals surface area contributed by atoms with E-state index in [1.807, 2.05) is 0 Å². The first kappa shape index (κ1) is 18.7. The molecule has 0 radical (unpaired) electrons. The van der Waals surface area contributed by atoms with Crippen LogP contribution in [0.1, 0.15) is 44.4 Å². The van der Waals surface area contributed by atoms with Crippen molar-refractivity contribution in [1.29, 1.82) is 0 Å². The Hall–Kier alpha value is -1.64. The minimum atomic E-state index is 0.197. The van der Waals surface area contributed by atoms with Gasteiger partial charge < -0.3 is 5.73 Å². The molecule has 0 saturated heterocycles. The van der Waals surface area contributed by atoms with Crippen LogP contribution in [0.25, 0.3) is 0 Å². The highest BCUT2D eigenvalue weighted by molar-refractivity contribution is 5.46. The van der Waals surface area contributed by atoms with Gasteiger partial charge in [0, 0.05) is 18.2 Å². The van der Waals surface area contributed by atoms with Gasteiger partial charge in [-0.1, -0.05) is 57.2 Å². The molecule has 0 amide bonds. The Morgan fingerprint density at radius 2 is 1.67 bits per heavy atom. The Bertz CT molecular complexity index is 652. The Labute approximate surface area is 147 Å². The molecule has 0 aliphatic rings. The Kier molecular flexibility index (Phi) is 5.84. The number of benzene rings is 2. The van der Waals surface area contributed by atoms with Gasteiger partial charge in [0.25, 0.3) is 0 Å². The van der Waals surface area contributed by atoms with Crippen LogP contribution in [0.2, 0.25) is 0 Å². The van der Waals surface area contributed by atoms with Gasteiger partial charge >= 0.3 is 0 Å². The lowest BCUT2D eigenvalue weighted by Crippen LogP contribution is -2.51. The summed E-state index contributed by atoms with van der Waals surface area (Å²) < 4.78 is 0.910. The molecule has 0 saturated carbocycles. The average molecular weight is 326 g/mol. The van der Waals surface area contributed by atoms with Crippen LogP contribution in [0.4, 0.5) is 5.69 Å². The monoisotopic (exact) mass is 325 g/mol. The normalized spacial score (nSPS) is 14.4. The fourth-order valence-electron chi connectivity index (χ4n) is 3.38. The van der Waals surface area contributed by atoms with Gasteiger partial charge in [0.05, 0.1) is 13.1 Å². The zero-order valence-electron chi connectivity index (χ0n) is 16.0. The van der Waals surface area contributed by atoms with Gasteiger partial charge in [0.1, 0.15) is 12.2 Å². The lowest BCUT2D eigenvalue weighted by atomic mass is 9.86. The number of quaternary nitrogens is 1. The molecule has 24 heavy (non-hydrogen) atoms. The van der Waals surface area contributed by atoms with E-state index in [0.29, 0.717) is 6.54 Å². The van der Waals surface area contributed by atoms with E-state index in [-0.39, 0.29) is 5.41 Å². The molecule has 0 aromatic heterocycles. The summed E-state index contributed by atoms with van der Waals surface area (Å²) in [6.45, 7) is 14.9. The van der Waals surface area contributed by atoms with Crippen molar-refractivity contribution >= 4 is 5.69 Å². The van der Waals surface area contributed by atoms with E-state index in [1.165, 1.54) is 22.4 Å².